The Bertz CT molecular complexity index is 827. The molecule has 0 aliphatic rings. The second-order valence-corrected chi connectivity index (χ2v) is 5.64. The smallest absolute Gasteiger partial charge is 0.307 e. The lowest BCUT2D eigenvalue weighted by Gasteiger charge is -2.13. The molecule has 118 valence electrons. The Morgan fingerprint density at radius 1 is 1.00 bits per heavy atom. The van der Waals surface area contributed by atoms with Gasteiger partial charge in [0, 0.05) is 0 Å². The van der Waals surface area contributed by atoms with Crippen LogP contribution in [0.2, 0.25) is 0 Å². The average molecular weight is 337 g/mol. The molecular formula is C15H10F3N3OS. The predicted octanol–water partition coefficient (Wildman–Crippen LogP) is 4.96. The number of amides is 2. The number of anilines is 2. The molecule has 3 rings (SSSR count). The molecule has 0 aliphatic carbocycles. The first kappa shape index (κ1) is 15.3. The fraction of sp³-hybridized carbons (Fsp3) is 0.0667. The summed E-state index contributed by atoms with van der Waals surface area (Å²) in [6.07, 6.45) is -4.54. The summed E-state index contributed by atoms with van der Waals surface area (Å²) in [4.78, 5) is 16.1. The molecule has 1 heterocycles. The van der Waals surface area contributed by atoms with Crippen LogP contribution in [-0.2, 0) is 6.18 Å². The van der Waals surface area contributed by atoms with Crippen molar-refractivity contribution in [1.82, 2.24) is 4.98 Å². The standard InChI is InChI=1S/C15H10F3N3OS/c16-15(17,18)9-5-1-2-6-10(9)19-13(22)21-14-20-11-7-3-4-8-12(11)23-14/h1-8H,(H2,19,20,21,22). The van der Waals surface area contributed by atoms with Crippen molar-refractivity contribution in [2.45, 2.75) is 6.18 Å². The van der Waals surface area contributed by atoms with E-state index in [0.29, 0.717) is 10.6 Å². The summed E-state index contributed by atoms with van der Waals surface area (Å²) < 4.78 is 39.5. The van der Waals surface area contributed by atoms with Gasteiger partial charge in [-0.3, -0.25) is 5.32 Å². The number of urea groups is 1. The number of nitrogens with one attached hydrogen (secondary N) is 2. The van der Waals surface area contributed by atoms with E-state index in [1.165, 1.54) is 29.5 Å². The van der Waals surface area contributed by atoms with Gasteiger partial charge < -0.3 is 5.32 Å². The summed E-state index contributed by atoms with van der Waals surface area (Å²) in [5, 5.41) is 4.97. The van der Waals surface area contributed by atoms with Crippen LogP contribution in [0.3, 0.4) is 0 Å². The maximum atomic E-state index is 12.9. The van der Waals surface area contributed by atoms with Crippen LogP contribution in [0.15, 0.2) is 48.5 Å². The molecule has 0 aliphatic heterocycles. The van der Waals surface area contributed by atoms with E-state index in [1.807, 2.05) is 18.2 Å². The van der Waals surface area contributed by atoms with E-state index in [1.54, 1.807) is 6.07 Å². The lowest BCUT2D eigenvalue weighted by atomic mass is 10.1. The minimum absolute atomic E-state index is 0.307. The van der Waals surface area contributed by atoms with E-state index in [4.69, 9.17) is 0 Å². The fourth-order valence-corrected chi connectivity index (χ4v) is 2.88. The molecule has 0 saturated carbocycles. The van der Waals surface area contributed by atoms with Gasteiger partial charge in [0.2, 0.25) is 0 Å². The van der Waals surface area contributed by atoms with Gasteiger partial charge in [-0.05, 0) is 24.3 Å². The van der Waals surface area contributed by atoms with Crippen molar-refractivity contribution in [1.29, 1.82) is 0 Å². The molecule has 2 N–H and O–H groups in total. The largest absolute Gasteiger partial charge is 0.418 e. The number of para-hydroxylation sites is 2. The van der Waals surface area contributed by atoms with Gasteiger partial charge in [-0.2, -0.15) is 13.2 Å². The van der Waals surface area contributed by atoms with E-state index in [9.17, 15) is 18.0 Å². The average Bonchev–Trinajstić information content (AvgIpc) is 2.88. The first-order valence-corrected chi connectivity index (χ1v) is 7.35. The number of halogens is 3. The number of aromatic nitrogens is 1. The summed E-state index contributed by atoms with van der Waals surface area (Å²) in [5.74, 6) is 0. The highest BCUT2D eigenvalue weighted by Crippen LogP contribution is 2.34. The number of benzene rings is 2. The highest BCUT2D eigenvalue weighted by molar-refractivity contribution is 7.22. The Labute approximate surface area is 133 Å². The third-order valence-corrected chi connectivity index (χ3v) is 3.95. The van der Waals surface area contributed by atoms with Crippen LogP contribution < -0.4 is 10.6 Å². The third-order valence-electron chi connectivity index (χ3n) is 3.00. The molecule has 0 saturated heterocycles. The molecule has 3 aromatic rings. The molecule has 0 fully saturated rings. The van der Waals surface area contributed by atoms with E-state index >= 15 is 0 Å². The Morgan fingerprint density at radius 3 is 2.43 bits per heavy atom. The van der Waals surface area contributed by atoms with E-state index in [0.717, 1.165) is 10.8 Å². The summed E-state index contributed by atoms with van der Waals surface area (Å²) >= 11 is 1.24. The summed E-state index contributed by atoms with van der Waals surface area (Å²) in [6, 6.07) is 11.3. The van der Waals surface area contributed by atoms with Crippen LogP contribution in [-0.4, -0.2) is 11.0 Å². The zero-order valence-electron chi connectivity index (χ0n) is 11.5. The number of nitrogens with zero attached hydrogens (tertiary/aromatic N) is 1. The summed E-state index contributed by atoms with van der Waals surface area (Å²) in [6.45, 7) is 0. The lowest BCUT2D eigenvalue weighted by Crippen LogP contribution is -2.21. The Kier molecular flexibility index (Phi) is 3.91. The van der Waals surface area contributed by atoms with Gasteiger partial charge in [0.05, 0.1) is 21.5 Å². The Hall–Kier alpha value is -2.61. The highest BCUT2D eigenvalue weighted by Gasteiger charge is 2.33. The van der Waals surface area contributed by atoms with Crippen LogP contribution in [0.4, 0.5) is 28.8 Å². The minimum atomic E-state index is -4.54. The number of thiazole rings is 1. The van der Waals surface area contributed by atoms with Gasteiger partial charge in [0.15, 0.2) is 5.13 Å². The van der Waals surface area contributed by atoms with Crippen molar-refractivity contribution in [3.63, 3.8) is 0 Å². The van der Waals surface area contributed by atoms with Crippen LogP contribution in [0.5, 0.6) is 0 Å². The number of carbonyl (C=O) groups excluding carboxylic acids is 1. The molecule has 0 bridgehead atoms. The van der Waals surface area contributed by atoms with Crippen molar-refractivity contribution in [3.05, 3.63) is 54.1 Å². The van der Waals surface area contributed by atoms with Crippen LogP contribution in [0.25, 0.3) is 10.2 Å². The number of fused-ring (bicyclic) bond motifs is 1. The fourth-order valence-electron chi connectivity index (χ4n) is 2.02. The number of alkyl halides is 3. The maximum Gasteiger partial charge on any atom is 0.418 e. The predicted molar refractivity (Wildman–Crippen MR) is 83.7 cm³/mol. The normalized spacial score (nSPS) is 11.4. The molecule has 8 heteroatoms. The molecule has 0 spiro atoms. The summed E-state index contributed by atoms with van der Waals surface area (Å²) in [5.41, 5.74) is -0.499. The van der Waals surface area contributed by atoms with Crippen molar-refractivity contribution in [3.8, 4) is 0 Å². The third kappa shape index (κ3) is 3.42. The maximum absolute atomic E-state index is 12.9. The molecule has 4 nitrogen and oxygen atoms in total. The molecule has 0 radical (unpaired) electrons. The number of hydrogen-bond acceptors (Lipinski definition) is 3. The molecule has 0 atom stereocenters. The van der Waals surface area contributed by atoms with Crippen molar-refractivity contribution >= 4 is 38.4 Å². The number of carbonyl (C=O) groups is 1. The highest BCUT2D eigenvalue weighted by atomic mass is 32.1. The number of rotatable bonds is 2. The number of hydrogen-bond donors (Lipinski definition) is 2. The quantitative estimate of drug-likeness (QED) is 0.694. The van der Waals surface area contributed by atoms with Gasteiger partial charge in [0.25, 0.3) is 0 Å². The minimum Gasteiger partial charge on any atom is -0.307 e. The second-order valence-electron chi connectivity index (χ2n) is 4.61. The summed E-state index contributed by atoms with van der Waals surface area (Å²) in [7, 11) is 0. The van der Waals surface area contributed by atoms with Crippen molar-refractivity contribution in [2.24, 2.45) is 0 Å². The van der Waals surface area contributed by atoms with Crippen molar-refractivity contribution < 1.29 is 18.0 Å². The van der Waals surface area contributed by atoms with Crippen LogP contribution in [0.1, 0.15) is 5.56 Å². The van der Waals surface area contributed by atoms with Gasteiger partial charge in [-0.25, -0.2) is 9.78 Å². The van der Waals surface area contributed by atoms with E-state index in [2.05, 4.69) is 15.6 Å². The van der Waals surface area contributed by atoms with Crippen LogP contribution >= 0.6 is 11.3 Å². The van der Waals surface area contributed by atoms with Gasteiger partial charge in [-0.1, -0.05) is 35.6 Å². The van der Waals surface area contributed by atoms with Gasteiger partial charge >= 0.3 is 12.2 Å². The molecule has 23 heavy (non-hydrogen) atoms. The van der Waals surface area contributed by atoms with E-state index < -0.39 is 17.8 Å². The monoisotopic (exact) mass is 337 g/mol. The Balaban J connectivity index is 1.77. The van der Waals surface area contributed by atoms with Gasteiger partial charge in [-0.15, -0.1) is 0 Å². The van der Waals surface area contributed by atoms with Gasteiger partial charge in [0.1, 0.15) is 0 Å². The molecule has 0 unspecified atom stereocenters. The first-order valence-electron chi connectivity index (χ1n) is 6.53. The Morgan fingerprint density at radius 2 is 1.70 bits per heavy atom. The lowest BCUT2D eigenvalue weighted by molar-refractivity contribution is -0.136. The molecular weight excluding hydrogens is 327 g/mol. The molecule has 2 aromatic carbocycles. The molecule has 2 amide bonds. The SMILES string of the molecule is O=C(Nc1nc2ccccc2s1)Nc1ccccc1C(F)(F)F. The zero-order chi connectivity index (χ0) is 16.4. The first-order chi connectivity index (χ1) is 10.9. The van der Waals surface area contributed by atoms with Crippen LogP contribution in [0, 0.1) is 0 Å². The molecule has 1 aromatic heterocycles. The topological polar surface area (TPSA) is 54.0 Å². The second kappa shape index (κ2) is 5.88. The zero-order valence-corrected chi connectivity index (χ0v) is 12.3. The van der Waals surface area contributed by atoms with E-state index in [-0.39, 0.29) is 5.69 Å². The van der Waals surface area contributed by atoms with Crippen molar-refractivity contribution in [2.75, 3.05) is 10.6 Å².